The molecule has 2 aromatic rings. The first-order valence-electron chi connectivity index (χ1n) is 6.24. The molecule has 1 atom stereocenters. The summed E-state index contributed by atoms with van der Waals surface area (Å²) in [7, 11) is 0. The molecule has 2 nitrogen and oxygen atoms in total. The first kappa shape index (κ1) is 13.5. The molecule has 1 N–H and O–H groups in total. The van der Waals surface area contributed by atoms with Crippen LogP contribution >= 0.6 is 11.6 Å². The quantitative estimate of drug-likeness (QED) is 0.883. The first-order chi connectivity index (χ1) is 9.24. The predicted octanol–water partition coefficient (Wildman–Crippen LogP) is 4.58. The van der Waals surface area contributed by atoms with E-state index in [1.54, 1.807) is 6.07 Å². The Morgan fingerprint density at radius 1 is 1.16 bits per heavy atom. The van der Waals surface area contributed by atoms with E-state index in [0.717, 1.165) is 17.7 Å². The Morgan fingerprint density at radius 2 is 1.84 bits per heavy atom. The topological polar surface area (TPSA) is 35.8 Å². The van der Waals surface area contributed by atoms with Crippen molar-refractivity contribution in [3.63, 3.8) is 0 Å². The van der Waals surface area contributed by atoms with E-state index < -0.39 is 6.04 Å². The summed E-state index contributed by atoms with van der Waals surface area (Å²) in [5.74, 6) is 0. The number of nitrogens with zero attached hydrogens (tertiary/aromatic N) is 1. The lowest BCUT2D eigenvalue weighted by Crippen LogP contribution is -2.08. The van der Waals surface area contributed by atoms with Crippen molar-refractivity contribution in [2.24, 2.45) is 0 Å². The third kappa shape index (κ3) is 3.27. The molecule has 0 bridgehead atoms. The Balaban J connectivity index is 2.21. The summed E-state index contributed by atoms with van der Waals surface area (Å²) in [5.41, 5.74) is 2.98. The molecular weight excluding hydrogens is 256 g/mol. The minimum Gasteiger partial charge on any atom is -0.365 e. The minimum absolute atomic E-state index is 0.397. The lowest BCUT2D eigenvalue weighted by molar-refractivity contribution is 0.992. The Kier molecular flexibility index (Phi) is 4.43. The number of nitrogens with one attached hydrogen (secondary N) is 1. The molecule has 0 aliphatic heterocycles. The normalized spacial score (nSPS) is 11.6. The van der Waals surface area contributed by atoms with E-state index in [2.05, 4.69) is 18.3 Å². The maximum absolute atomic E-state index is 9.30. The van der Waals surface area contributed by atoms with E-state index in [4.69, 9.17) is 11.6 Å². The van der Waals surface area contributed by atoms with Gasteiger partial charge in [0.1, 0.15) is 6.04 Å². The zero-order valence-corrected chi connectivity index (χ0v) is 11.5. The number of nitriles is 1. The van der Waals surface area contributed by atoms with Crippen LogP contribution in [0.5, 0.6) is 0 Å². The van der Waals surface area contributed by atoms with E-state index in [0.29, 0.717) is 5.02 Å². The summed E-state index contributed by atoms with van der Waals surface area (Å²) in [6.45, 7) is 2.11. The molecule has 96 valence electrons. The number of hydrogen-bond donors (Lipinski definition) is 1. The molecule has 0 heterocycles. The van der Waals surface area contributed by atoms with Gasteiger partial charge in [-0.05, 0) is 29.7 Å². The zero-order valence-electron chi connectivity index (χ0n) is 10.7. The molecule has 1 unspecified atom stereocenters. The Hall–Kier alpha value is -1.98. The van der Waals surface area contributed by atoms with Crippen LogP contribution in [0.1, 0.15) is 24.1 Å². The molecule has 0 saturated carbocycles. The highest BCUT2D eigenvalue weighted by atomic mass is 35.5. The minimum atomic E-state index is -0.397. The Morgan fingerprint density at radius 3 is 2.42 bits per heavy atom. The number of hydrogen-bond acceptors (Lipinski definition) is 2. The van der Waals surface area contributed by atoms with Crippen LogP contribution in [0, 0.1) is 11.3 Å². The lowest BCUT2D eigenvalue weighted by Gasteiger charge is -2.14. The van der Waals surface area contributed by atoms with Gasteiger partial charge in [-0.2, -0.15) is 5.26 Å². The van der Waals surface area contributed by atoms with Crippen molar-refractivity contribution in [1.82, 2.24) is 0 Å². The fourth-order valence-electron chi connectivity index (χ4n) is 1.87. The summed E-state index contributed by atoms with van der Waals surface area (Å²) in [6, 6.07) is 17.4. The van der Waals surface area contributed by atoms with Crippen LogP contribution in [0.3, 0.4) is 0 Å². The molecule has 0 radical (unpaired) electrons. The van der Waals surface area contributed by atoms with E-state index in [9.17, 15) is 5.26 Å². The predicted molar refractivity (Wildman–Crippen MR) is 79.2 cm³/mol. The molecule has 0 aromatic heterocycles. The van der Waals surface area contributed by atoms with Crippen molar-refractivity contribution < 1.29 is 0 Å². The van der Waals surface area contributed by atoms with E-state index >= 15 is 0 Å². The van der Waals surface area contributed by atoms with Crippen LogP contribution in [-0.2, 0) is 6.42 Å². The second kappa shape index (κ2) is 6.26. The van der Waals surface area contributed by atoms with Gasteiger partial charge in [0.15, 0.2) is 0 Å². The van der Waals surface area contributed by atoms with Crippen LogP contribution in [0.2, 0.25) is 5.02 Å². The maximum atomic E-state index is 9.30. The summed E-state index contributed by atoms with van der Waals surface area (Å²) >= 11 is 6.09. The molecule has 3 heteroatoms. The van der Waals surface area contributed by atoms with Gasteiger partial charge < -0.3 is 5.32 Å². The number of rotatable bonds is 4. The standard InChI is InChI=1S/C16H15ClN2/c1-2-12-7-9-13(10-8-12)16(11-18)19-15-6-4-3-5-14(15)17/h3-10,16,19H,2H2,1H3. The lowest BCUT2D eigenvalue weighted by atomic mass is 10.0. The number of anilines is 1. The Bertz CT molecular complexity index is 584. The van der Waals surface area contributed by atoms with Gasteiger partial charge in [0.2, 0.25) is 0 Å². The van der Waals surface area contributed by atoms with Gasteiger partial charge in [0.25, 0.3) is 0 Å². The monoisotopic (exact) mass is 270 g/mol. The fraction of sp³-hybridized carbons (Fsp3) is 0.188. The molecular formula is C16H15ClN2. The summed E-state index contributed by atoms with van der Waals surface area (Å²) in [6.07, 6.45) is 0.995. The van der Waals surface area contributed by atoms with Crippen molar-refractivity contribution >= 4 is 17.3 Å². The average Bonchev–Trinajstić information content (AvgIpc) is 2.47. The Labute approximate surface area is 118 Å². The highest BCUT2D eigenvalue weighted by Crippen LogP contribution is 2.25. The van der Waals surface area contributed by atoms with Gasteiger partial charge in [0, 0.05) is 0 Å². The van der Waals surface area contributed by atoms with Gasteiger partial charge in [-0.25, -0.2) is 0 Å². The molecule has 0 spiro atoms. The fourth-order valence-corrected chi connectivity index (χ4v) is 2.06. The molecule has 0 aliphatic rings. The van der Waals surface area contributed by atoms with Gasteiger partial charge >= 0.3 is 0 Å². The molecule has 2 aromatic carbocycles. The van der Waals surface area contributed by atoms with Crippen molar-refractivity contribution in [3.8, 4) is 6.07 Å². The number of benzene rings is 2. The van der Waals surface area contributed by atoms with Crippen LogP contribution in [0.4, 0.5) is 5.69 Å². The van der Waals surface area contributed by atoms with E-state index in [1.807, 2.05) is 42.5 Å². The van der Waals surface area contributed by atoms with E-state index in [-0.39, 0.29) is 0 Å². The summed E-state index contributed by atoms with van der Waals surface area (Å²) in [5, 5.41) is 13.1. The van der Waals surface area contributed by atoms with Gasteiger partial charge in [-0.3, -0.25) is 0 Å². The summed E-state index contributed by atoms with van der Waals surface area (Å²) in [4.78, 5) is 0. The molecule has 2 rings (SSSR count). The third-order valence-electron chi connectivity index (χ3n) is 3.02. The van der Waals surface area contributed by atoms with Gasteiger partial charge in [-0.1, -0.05) is 54.9 Å². The largest absolute Gasteiger partial charge is 0.365 e. The molecule has 0 aliphatic carbocycles. The SMILES string of the molecule is CCc1ccc(C(C#N)Nc2ccccc2Cl)cc1. The molecule has 0 saturated heterocycles. The molecule has 19 heavy (non-hydrogen) atoms. The van der Waals surface area contributed by atoms with Gasteiger partial charge in [0.05, 0.1) is 16.8 Å². The highest BCUT2D eigenvalue weighted by molar-refractivity contribution is 6.33. The highest BCUT2D eigenvalue weighted by Gasteiger charge is 2.11. The number of para-hydroxylation sites is 1. The van der Waals surface area contributed by atoms with Gasteiger partial charge in [-0.15, -0.1) is 0 Å². The average molecular weight is 271 g/mol. The van der Waals surface area contributed by atoms with E-state index in [1.165, 1.54) is 5.56 Å². The van der Waals surface area contributed by atoms with Crippen molar-refractivity contribution in [2.75, 3.05) is 5.32 Å². The maximum Gasteiger partial charge on any atom is 0.140 e. The summed E-state index contributed by atoms with van der Waals surface area (Å²) < 4.78 is 0. The second-order valence-corrected chi connectivity index (χ2v) is 4.69. The van der Waals surface area contributed by atoms with Crippen LogP contribution in [0.25, 0.3) is 0 Å². The van der Waals surface area contributed by atoms with Crippen molar-refractivity contribution in [1.29, 1.82) is 5.26 Å². The first-order valence-corrected chi connectivity index (χ1v) is 6.62. The zero-order chi connectivity index (χ0) is 13.7. The third-order valence-corrected chi connectivity index (χ3v) is 3.35. The number of halogens is 1. The molecule has 0 fully saturated rings. The van der Waals surface area contributed by atoms with Crippen LogP contribution < -0.4 is 5.32 Å². The van der Waals surface area contributed by atoms with Crippen molar-refractivity contribution in [3.05, 3.63) is 64.7 Å². The number of aryl methyl sites for hydroxylation is 1. The van der Waals surface area contributed by atoms with Crippen LogP contribution in [0.15, 0.2) is 48.5 Å². The van der Waals surface area contributed by atoms with Crippen molar-refractivity contribution in [2.45, 2.75) is 19.4 Å². The second-order valence-electron chi connectivity index (χ2n) is 4.28. The van der Waals surface area contributed by atoms with Crippen LogP contribution in [-0.4, -0.2) is 0 Å². The molecule has 0 amide bonds. The smallest absolute Gasteiger partial charge is 0.140 e.